The van der Waals surface area contributed by atoms with Gasteiger partial charge in [0, 0.05) is 5.69 Å². The third-order valence-electron chi connectivity index (χ3n) is 2.65. The number of carbonyl (C=O) groups is 1. The molecule has 22 heavy (non-hydrogen) atoms. The molecule has 9 heteroatoms. The monoisotopic (exact) mass is 341 g/mol. The Morgan fingerprint density at radius 1 is 1.09 bits per heavy atom. The molecule has 2 amide bonds. The van der Waals surface area contributed by atoms with E-state index in [1.807, 2.05) is 0 Å². The minimum Gasteiger partial charge on any atom is -0.504 e. The number of urea groups is 1. The van der Waals surface area contributed by atoms with Gasteiger partial charge < -0.3 is 15.7 Å². The third-order valence-corrected chi connectivity index (χ3v) is 4.06. The summed E-state index contributed by atoms with van der Waals surface area (Å²) in [6, 6.07) is 10.4. The number of sulfonamides is 1. The number of carbonyl (C=O) groups excluding carboxylic acids is 1. The Kier molecular flexibility index (Phi) is 4.55. The molecule has 0 unspecified atom stereocenters. The van der Waals surface area contributed by atoms with Gasteiger partial charge in [0.1, 0.15) is 4.90 Å². The molecule has 5 N–H and O–H groups in total. The summed E-state index contributed by atoms with van der Waals surface area (Å²) in [6.45, 7) is 0. The zero-order valence-corrected chi connectivity index (χ0v) is 12.6. The van der Waals surface area contributed by atoms with E-state index in [1.165, 1.54) is 12.1 Å². The predicted molar refractivity (Wildman–Crippen MR) is 83.6 cm³/mol. The number of primary sulfonamides is 1. The fraction of sp³-hybridized carbons (Fsp3) is 0. The number of amides is 2. The number of benzene rings is 2. The summed E-state index contributed by atoms with van der Waals surface area (Å²) in [5, 5.41) is 19.5. The lowest BCUT2D eigenvalue weighted by Crippen LogP contribution is -2.20. The van der Waals surface area contributed by atoms with Gasteiger partial charge in [0.05, 0.1) is 10.7 Å². The van der Waals surface area contributed by atoms with Crippen LogP contribution in [-0.2, 0) is 10.0 Å². The molecule has 0 fully saturated rings. The summed E-state index contributed by atoms with van der Waals surface area (Å²) in [7, 11) is -4.23. The van der Waals surface area contributed by atoms with E-state index >= 15 is 0 Å². The molecule has 2 aromatic rings. The highest BCUT2D eigenvalue weighted by molar-refractivity contribution is 7.89. The Morgan fingerprint density at radius 2 is 1.73 bits per heavy atom. The summed E-state index contributed by atoms with van der Waals surface area (Å²) in [5.74, 6) is -0.724. The fourth-order valence-corrected chi connectivity index (χ4v) is 2.92. The molecule has 0 aliphatic carbocycles. The van der Waals surface area contributed by atoms with Crippen molar-refractivity contribution >= 4 is 39.0 Å². The maximum absolute atomic E-state index is 11.8. The van der Waals surface area contributed by atoms with Crippen molar-refractivity contribution in [3.8, 4) is 5.75 Å². The van der Waals surface area contributed by atoms with Crippen molar-refractivity contribution in [3.63, 3.8) is 0 Å². The molecule has 0 saturated heterocycles. The number of halogens is 1. The second-order valence-electron chi connectivity index (χ2n) is 4.26. The van der Waals surface area contributed by atoms with E-state index in [2.05, 4.69) is 10.6 Å². The van der Waals surface area contributed by atoms with E-state index in [4.69, 9.17) is 16.7 Å². The number of nitrogens with two attached hydrogens (primary N) is 1. The van der Waals surface area contributed by atoms with Crippen LogP contribution >= 0.6 is 11.6 Å². The number of phenols is 1. The third kappa shape index (κ3) is 3.67. The maximum atomic E-state index is 11.8. The molecule has 116 valence electrons. The van der Waals surface area contributed by atoms with Crippen molar-refractivity contribution < 1.29 is 18.3 Å². The van der Waals surface area contributed by atoms with Gasteiger partial charge in [0.25, 0.3) is 0 Å². The fourth-order valence-electron chi connectivity index (χ4n) is 1.72. The van der Waals surface area contributed by atoms with Crippen molar-refractivity contribution in [2.75, 3.05) is 10.6 Å². The predicted octanol–water partition coefficient (Wildman–Crippen LogP) is 2.34. The van der Waals surface area contributed by atoms with E-state index in [0.29, 0.717) is 5.69 Å². The molecular formula is C13H12ClN3O4S. The lowest BCUT2D eigenvalue weighted by Gasteiger charge is -2.12. The van der Waals surface area contributed by atoms with E-state index < -0.39 is 26.7 Å². The smallest absolute Gasteiger partial charge is 0.323 e. The number of anilines is 2. The number of nitrogens with one attached hydrogen (secondary N) is 2. The molecule has 0 radical (unpaired) electrons. The zero-order valence-electron chi connectivity index (χ0n) is 11.1. The van der Waals surface area contributed by atoms with Crippen molar-refractivity contribution in [2.24, 2.45) is 5.14 Å². The first-order valence-electron chi connectivity index (χ1n) is 5.96. The number of hydrogen-bond donors (Lipinski definition) is 4. The average molecular weight is 342 g/mol. The lowest BCUT2D eigenvalue weighted by molar-refractivity contribution is 0.262. The van der Waals surface area contributed by atoms with E-state index in [0.717, 1.165) is 0 Å². The molecule has 0 atom stereocenters. The quantitative estimate of drug-likeness (QED) is 0.640. The van der Waals surface area contributed by atoms with Crippen LogP contribution in [0.15, 0.2) is 47.4 Å². The van der Waals surface area contributed by atoms with Crippen LogP contribution in [0.25, 0.3) is 0 Å². The van der Waals surface area contributed by atoms with Gasteiger partial charge in [-0.15, -0.1) is 0 Å². The molecule has 7 nitrogen and oxygen atoms in total. The summed E-state index contributed by atoms with van der Waals surface area (Å²) < 4.78 is 22.8. The molecular weight excluding hydrogens is 330 g/mol. The van der Waals surface area contributed by atoms with Gasteiger partial charge in [-0.3, -0.25) is 0 Å². The van der Waals surface area contributed by atoms with Gasteiger partial charge in [-0.25, -0.2) is 18.4 Å². The molecule has 0 aromatic heterocycles. The van der Waals surface area contributed by atoms with Crippen LogP contribution in [0.3, 0.4) is 0 Å². The molecule has 2 rings (SSSR count). The van der Waals surface area contributed by atoms with Crippen molar-refractivity contribution in [1.82, 2.24) is 0 Å². The highest BCUT2D eigenvalue weighted by Gasteiger charge is 2.22. The molecule has 2 aromatic carbocycles. The molecule has 0 spiro atoms. The zero-order chi connectivity index (χ0) is 16.3. The van der Waals surface area contributed by atoms with Gasteiger partial charge in [-0.2, -0.15) is 0 Å². The van der Waals surface area contributed by atoms with Gasteiger partial charge in [0.15, 0.2) is 5.75 Å². The van der Waals surface area contributed by atoms with Crippen LogP contribution in [0.5, 0.6) is 5.75 Å². The van der Waals surface area contributed by atoms with E-state index in [9.17, 15) is 18.3 Å². The number of phenolic OH excluding ortho intramolecular Hbond substituents is 1. The number of rotatable bonds is 3. The van der Waals surface area contributed by atoms with Crippen LogP contribution < -0.4 is 15.8 Å². The van der Waals surface area contributed by atoms with Crippen LogP contribution in [-0.4, -0.2) is 19.6 Å². The van der Waals surface area contributed by atoms with Crippen LogP contribution in [0.1, 0.15) is 0 Å². The Balaban J connectivity index is 2.26. The largest absolute Gasteiger partial charge is 0.504 e. The van der Waals surface area contributed by atoms with Gasteiger partial charge in [0.2, 0.25) is 10.0 Å². The Hall–Kier alpha value is -2.29. The first-order chi connectivity index (χ1) is 10.3. The minimum atomic E-state index is -4.23. The summed E-state index contributed by atoms with van der Waals surface area (Å²) >= 11 is 5.70. The molecule has 0 bridgehead atoms. The summed E-state index contributed by atoms with van der Waals surface area (Å²) in [6.07, 6.45) is 0. The van der Waals surface area contributed by atoms with Gasteiger partial charge in [-0.1, -0.05) is 29.8 Å². The highest BCUT2D eigenvalue weighted by atomic mass is 35.5. The van der Waals surface area contributed by atoms with Crippen LogP contribution in [0.2, 0.25) is 5.02 Å². The Labute approximate surface area is 131 Å². The first-order valence-corrected chi connectivity index (χ1v) is 7.89. The number of aromatic hydroxyl groups is 1. The Bertz CT molecular complexity index is 810. The van der Waals surface area contributed by atoms with Crippen LogP contribution in [0, 0.1) is 0 Å². The molecule has 0 heterocycles. The molecule has 0 aliphatic heterocycles. The normalized spacial score (nSPS) is 11.0. The second kappa shape index (κ2) is 6.22. The number of para-hydroxylation sites is 1. The second-order valence-corrected chi connectivity index (χ2v) is 6.17. The minimum absolute atomic E-state index is 0.137. The van der Waals surface area contributed by atoms with E-state index in [-0.39, 0.29) is 10.7 Å². The van der Waals surface area contributed by atoms with Crippen molar-refractivity contribution in [2.45, 2.75) is 4.90 Å². The SMILES string of the molecule is NS(=O)(=O)c1c(Cl)ccc(NC(=O)Nc2ccccc2)c1O. The highest BCUT2D eigenvalue weighted by Crippen LogP contribution is 2.36. The van der Waals surface area contributed by atoms with Crippen molar-refractivity contribution in [3.05, 3.63) is 47.5 Å². The van der Waals surface area contributed by atoms with Crippen molar-refractivity contribution in [1.29, 1.82) is 0 Å². The standard InChI is InChI=1S/C13H12ClN3O4S/c14-9-6-7-10(11(18)12(9)22(15,20)21)17-13(19)16-8-4-2-1-3-5-8/h1-7,18H,(H2,15,20,21)(H2,16,17,19). The average Bonchev–Trinajstić information content (AvgIpc) is 2.42. The summed E-state index contributed by atoms with van der Waals surface area (Å²) in [4.78, 5) is 11.2. The first kappa shape index (κ1) is 16.1. The Morgan fingerprint density at radius 3 is 2.32 bits per heavy atom. The van der Waals surface area contributed by atoms with Crippen LogP contribution in [0.4, 0.5) is 16.2 Å². The van der Waals surface area contributed by atoms with Gasteiger partial charge in [-0.05, 0) is 24.3 Å². The summed E-state index contributed by atoms with van der Waals surface area (Å²) in [5.41, 5.74) is 0.391. The topological polar surface area (TPSA) is 122 Å². The maximum Gasteiger partial charge on any atom is 0.323 e. The lowest BCUT2D eigenvalue weighted by atomic mass is 10.3. The van der Waals surface area contributed by atoms with E-state index in [1.54, 1.807) is 30.3 Å². The molecule has 0 saturated carbocycles. The number of hydrogen-bond acceptors (Lipinski definition) is 4. The van der Waals surface area contributed by atoms with Gasteiger partial charge >= 0.3 is 6.03 Å². The molecule has 0 aliphatic rings.